The van der Waals surface area contributed by atoms with Crippen LogP contribution < -0.4 is 15.8 Å². The van der Waals surface area contributed by atoms with Crippen molar-refractivity contribution >= 4 is 39.8 Å². The summed E-state index contributed by atoms with van der Waals surface area (Å²) >= 11 is 0. The number of aromatic hydroxyl groups is 1. The van der Waals surface area contributed by atoms with E-state index in [9.17, 15) is 14.7 Å². The third-order valence-corrected chi connectivity index (χ3v) is 4.71. The number of carbonyl (C=O) groups is 1. The van der Waals surface area contributed by atoms with Gasteiger partial charge in [0.1, 0.15) is 6.61 Å². The predicted octanol–water partition coefficient (Wildman–Crippen LogP) is 2.65. The first-order chi connectivity index (χ1) is 14.1. The molecule has 4 heterocycles. The molecule has 1 saturated heterocycles. The quantitative estimate of drug-likeness (QED) is 0.554. The molecule has 0 spiro atoms. The molecule has 0 atom stereocenters. The first-order valence-corrected chi connectivity index (χ1v) is 8.92. The van der Waals surface area contributed by atoms with Gasteiger partial charge >= 0.3 is 6.09 Å². The largest absolute Gasteiger partial charge is 0.504 e. The number of amides is 1. The Kier molecular flexibility index (Phi) is 3.80. The van der Waals surface area contributed by atoms with Crippen molar-refractivity contribution in [2.45, 2.75) is 0 Å². The third-order valence-electron chi connectivity index (χ3n) is 4.71. The Morgan fingerprint density at radius 2 is 2.03 bits per heavy atom. The molecule has 9 nitrogen and oxygen atoms in total. The Balaban J connectivity index is 1.71. The van der Waals surface area contributed by atoms with Gasteiger partial charge in [-0.25, -0.2) is 9.78 Å². The van der Waals surface area contributed by atoms with E-state index in [-0.39, 0.29) is 36.1 Å². The SMILES string of the molecule is O=C1OCCN1c1c(Nc2ccc3ncccc3c2)nc2c(O)cccn2c1=O. The Morgan fingerprint density at radius 1 is 1.14 bits per heavy atom. The highest BCUT2D eigenvalue weighted by Crippen LogP contribution is 2.29. The van der Waals surface area contributed by atoms with Crippen molar-refractivity contribution in [2.24, 2.45) is 0 Å². The Hall–Kier alpha value is -4.14. The maximum absolute atomic E-state index is 13.1. The van der Waals surface area contributed by atoms with Gasteiger partial charge in [0.05, 0.1) is 12.1 Å². The van der Waals surface area contributed by atoms with Crippen LogP contribution in [-0.2, 0) is 4.74 Å². The summed E-state index contributed by atoms with van der Waals surface area (Å²) in [6.45, 7) is 0.416. The Morgan fingerprint density at radius 3 is 2.86 bits per heavy atom. The number of benzene rings is 1. The van der Waals surface area contributed by atoms with Crippen LogP contribution >= 0.6 is 0 Å². The summed E-state index contributed by atoms with van der Waals surface area (Å²) in [6.07, 6.45) is 2.58. The zero-order valence-corrected chi connectivity index (χ0v) is 15.1. The van der Waals surface area contributed by atoms with Gasteiger partial charge in [-0.1, -0.05) is 6.07 Å². The van der Waals surface area contributed by atoms with Crippen LogP contribution in [0.15, 0.2) is 59.7 Å². The van der Waals surface area contributed by atoms with Gasteiger partial charge in [0.2, 0.25) is 0 Å². The monoisotopic (exact) mass is 389 g/mol. The second kappa shape index (κ2) is 6.48. The lowest BCUT2D eigenvalue weighted by molar-refractivity contribution is 0.181. The van der Waals surface area contributed by atoms with Crippen LogP contribution in [0.4, 0.5) is 22.0 Å². The second-order valence-corrected chi connectivity index (χ2v) is 6.50. The molecule has 29 heavy (non-hydrogen) atoms. The summed E-state index contributed by atoms with van der Waals surface area (Å²) < 4.78 is 6.20. The van der Waals surface area contributed by atoms with Crippen LogP contribution in [-0.4, -0.2) is 38.7 Å². The van der Waals surface area contributed by atoms with Crippen molar-refractivity contribution in [3.8, 4) is 5.75 Å². The average molecular weight is 389 g/mol. The van der Waals surface area contributed by atoms with Crippen molar-refractivity contribution in [3.63, 3.8) is 0 Å². The Labute approximate surface area is 163 Å². The minimum Gasteiger partial charge on any atom is -0.504 e. The summed E-state index contributed by atoms with van der Waals surface area (Å²) in [7, 11) is 0. The number of carbonyl (C=O) groups excluding carboxylic acids is 1. The first-order valence-electron chi connectivity index (χ1n) is 8.92. The predicted molar refractivity (Wildman–Crippen MR) is 107 cm³/mol. The summed E-state index contributed by atoms with van der Waals surface area (Å²) in [5.74, 6) is 0.00417. The summed E-state index contributed by atoms with van der Waals surface area (Å²) in [5, 5.41) is 14.2. The van der Waals surface area contributed by atoms with Gasteiger partial charge in [-0.15, -0.1) is 0 Å². The number of ether oxygens (including phenoxy) is 1. The van der Waals surface area contributed by atoms with Crippen molar-refractivity contribution in [3.05, 3.63) is 65.2 Å². The molecule has 0 saturated carbocycles. The zero-order chi connectivity index (χ0) is 20.0. The van der Waals surface area contributed by atoms with Gasteiger partial charge in [-0.05, 0) is 36.4 Å². The fourth-order valence-electron chi connectivity index (χ4n) is 3.36. The number of fused-ring (bicyclic) bond motifs is 2. The fraction of sp³-hybridized carbons (Fsp3) is 0.100. The Bertz CT molecular complexity index is 1330. The maximum atomic E-state index is 13.1. The smallest absolute Gasteiger partial charge is 0.414 e. The summed E-state index contributed by atoms with van der Waals surface area (Å²) in [5.41, 5.74) is 1.13. The normalized spacial score (nSPS) is 13.8. The van der Waals surface area contributed by atoms with Crippen LogP contribution in [0.3, 0.4) is 0 Å². The maximum Gasteiger partial charge on any atom is 0.414 e. The molecule has 1 amide bonds. The molecule has 1 aliphatic rings. The van der Waals surface area contributed by atoms with Crippen molar-refractivity contribution < 1.29 is 14.6 Å². The minimum atomic E-state index is -0.616. The zero-order valence-electron chi connectivity index (χ0n) is 15.1. The highest BCUT2D eigenvalue weighted by Gasteiger charge is 2.30. The van der Waals surface area contributed by atoms with Crippen LogP contribution in [0.25, 0.3) is 16.6 Å². The van der Waals surface area contributed by atoms with E-state index < -0.39 is 11.7 Å². The van der Waals surface area contributed by atoms with E-state index in [0.717, 1.165) is 10.9 Å². The van der Waals surface area contributed by atoms with Gasteiger partial charge in [0.25, 0.3) is 5.56 Å². The van der Waals surface area contributed by atoms with E-state index in [2.05, 4.69) is 15.3 Å². The summed E-state index contributed by atoms with van der Waals surface area (Å²) in [4.78, 5) is 35.3. The molecule has 4 aromatic rings. The molecule has 1 aliphatic heterocycles. The highest BCUT2D eigenvalue weighted by atomic mass is 16.6. The van der Waals surface area contributed by atoms with Gasteiger partial charge in [0, 0.05) is 23.5 Å². The molecular weight excluding hydrogens is 374 g/mol. The molecular formula is C20H15N5O4. The second-order valence-electron chi connectivity index (χ2n) is 6.50. The topological polar surface area (TPSA) is 109 Å². The molecule has 1 fully saturated rings. The van der Waals surface area contributed by atoms with E-state index in [4.69, 9.17) is 4.74 Å². The van der Waals surface area contributed by atoms with Crippen molar-refractivity contribution in [2.75, 3.05) is 23.4 Å². The van der Waals surface area contributed by atoms with Crippen LogP contribution in [0, 0.1) is 0 Å². The number of aromatic nitrogens is 3. The average Bonchev–Trinajstić information content (AvgIpc) is 3.14. The van der Waals surface area contributed by atoms with E-state index in [1.165, 1.54) is 27.6 Å². The lowest BCUT2D eigenvalue weighted by Gasteiger charge is -2.18. The minimum absolute atomic E-state index is 0.0573. The molecule has 0 unspecified atom stereocenters. The number of rotatable bonds is 3. The molecule has 0 bridgehead atoms. The van der Waals surface area contributed by atoms with E-state index >= 15 is 0 Å². The molecule has 2 N–H and O–H groups in total. The number of hydrogen-bond acceptors (Lipinski definition) is 7. The lowest BCUT2D eigenvalue weighted by Crippen LogP contribution is -2.32. The molecule has 5 rings (SSSR count). The van der Waals surface area contributed by atoms with Gasteiger partial charge < -0.3 is 15.2 Å². The number of anilines is 3. The van der Waals surface area contributed by atoms with Crippen LogP contribution in [0.2, 0.25) is 0 Å². The molecule has 144 valence electrons. The number of cyclic esters (lactones) is 1. The molecule has 9 heteroatoms. The van der Waals surface area contributed by atoms with E-state index in [0.29, 0.717) is 5.69 Å². The molecule has 1 aromatic carbocycles. The lowest BCUT2D eigenvalue weighted by atomic mass is 10.2. The van der Waals surface area contributed by atoms with Crippen molar-refractivity contribution in [1.29, 1.82) is 0 Å². The van der Waals surface area contributed by atoms with Gasteiger partial charge in [-0.2, -0.15) is 0 Å². The van der Waals surface area contributed by atoms with E-state index in [1.54, 1.807) is 12.3 Å². The standard InChI is InChI=1S/C20H15N5O4/c26-15-4-2-8-25-18(15)23-17(16(19(25)27)24-9-10-29-20(24)28)22-13-5-6-14-12(11-13)3-1-7-21-14/h1-8,11,22,26H,9-10H2. The van der Waals surface area contributed by atoms with Crippen LogP contribution in [0.5, 0.6) is 5.75 Å². The van der Waals surface area contributed by atoms with Crippen LogP contribution in [0.1, 0.15) is 0 Å². The molecule has 3 aromatic heterocycles. The molecule has 0 radical (unpaired) electrons. The summed E-state index contributed by atoms with van der Waals surface area (Å²) in [6, 6.07) is 12.2. The third kappa shape index (κ3) is 2.80. The number of nitrogens with zero attached hydrogens (tertiary/aromatic N) is 4. The number of hydrogen-bond donors (Lipinski definition) is 2. The molecule has 0 aliphatic carbocycles. The van der Waals surface area contributed by atoms with Gasteiger partial charge in [0.15, 0.2) is 22.9 Å². The van der Waals surface area contributed by atoms with Crippen molar-refractivity contribution in [1.82, 2.24) is 14.4 Å². The van der Waals surface area contributed by atoms with E-state index in [1.807, 2.05) is 24.3 Å². The number of nitrogens with one attached hydrogen (secondary N) is 1. The first kappa shape index (κ1) is 17.0. The fourth-order valence-corrected chi connectivity index (χ4v) is 3.36. The van der Waals surface area contributed by atoms with Gasteiger partial charge in [-0.3, -0.25) is 19.1 Å². The number of pyridine rings is 2. The highest BCUT2D eigenvalue weighted by molar-refractivity contribution is 5.94.